The number of carbonyl (C=O) groups is 3. The fourth-order valence-electron chi connectivity index (χ4n) is 2.08. The largest absolute Gasteiger partial charge is 0.480 e. The van der Waals surface area contributed by atoms with Crippen molar-refractivity contribution >= 4 is 17.8 Å². The molecule has 6 nitrogen and oxygen atoms in total. The lowest BCUT2D eigenvalue weighted by Gasteiger charge is -2.20. The first kappa shape index (κ1) is 14.6. The van der Waals surface area contributed by atoms with Gasteiger partial charge in [-0.1, -0.05) is 19.3 Å². The topological polar surface area (TPSA) is 109 Å². The minimum Gasteiger partial charge on any atom is -0.480 e. The van der Waals surface area contributed by atoms with Crippen molar-refractivity contribution in [3.63, 3.8) is 0 Å². The van der Waals surface area contributed by atoms with Crippen molar-refractivity contribution in [1.82, 2.24) is 5.32 Å². The third-order valence-corrected chi connectivity index (χ3v) is 3.24. The van der Waals surface area contributed by atoms with Gasteiger partial charge >= 0.3 is 5.97 Å². The van der Waals surface area contributed by atoms with Crippen LogP contribution in [0.15, 0.2) is 0 Å². The Morgan fingerprint density at radius 3 is 2.39 bits per heavy atom. The van der Waals surface area contributed by atoms with Gasteiger partial charge in [0.15, 0.2) is 0 Å². The van der Waals surface area contributed by atoms with Crippen LogP contribution in [0.4, 0.5) is 0 Å². The molecule has 1 atom stereocenters. The van der Waals surface area contributed by atoms with E-state index in [0.29, 0.717) is 0 Å². The Kier molecular flexibility index (Phi) is 5.77. The summed E-state index contributed by atoms with van der Waals surface area (Å²) >= 11 is 0. The molecule has 0 saturated heterocycles. The van der Waals surface area contributed by atoms with E-state index < -0.39 is 17.9 Å². The van der Waals surface area contributed by atoms with E-state index in [4.69, 9.17) is 10.8 Å². The standard InChI is InChI=1S/C12H20N2O4/c13-9(12(17)18)6-7-10(15)14-11(16)8-4-2-1-3-5-8/h8-9H,1-7,13H2,(H,17,18)(H,14,15,16). The van der Waals surface area contributed by atoms with Gasteiger partial charge in [-0.2, -0.15) is 0 Å². The second-order valence-electron chi connectivity index (χ2n) is 4.73. The molecule has 18 heavy (non-hydrogen) atoms. The van der Waals surface area contributed by atoms with E-state index in [1.54, 1.807) is 0 Å². The quantitative estimate of drug-likeness (QED) is 0.659. The fourth-order valence-corrected chi connectivity index (χ4v) is 2.08. The summed E-state index contributed by atoms with van der Waals surface area (Å²) in [6.07, 6.45) is 4.85. The Morgan fingerprint density at radius 2 is 1.83 bits per heavy atom. The molecule has 2 amide bonds. The Balaban J connectivity index is 2.26. The molecule has 1 unspecified atom stereocenters. The lowest BCUT2D eigenvalue weighted by Crippen LogP contribution is -2.38. The van der Waals surface area contributed by atoms with Crippen LogP contribution in [0.1, 0.15) is 44.9 Å². The SMILES string of the molecule is NC(CCC(=O)NC(=O)C1CCCCC1)C(=O)O. The molecule has 1 aliphatic rings. The molecule has 1 rings (SSSR count). The van der Waals surface area contributed by atoms with Gasteiger partial charge in [0, 0.05) is 12.3 Å². The number of hydrogen-bond acceptors (Lipinski definition) is 4. The van der Waals surface area contributed by atoms with Crippen molar-refractivity contribution in [1.29, 1.82) is 0 Å². The smallest absolute Gasteiger partial charge is 0.320 e. The van der Waals surface area contributed by atoms with Crippen molar-refractivity contribution in [3.8, 4) is 0 Å². The Bertz CT molecular complexity index is 324. The second-order valence-corrected chi connectivity index (χ2v) is 4.73. The molecular formula is C12H20N2O4. The van der Waals surface area contributed by atoms with Gasteiger partial charge in [-0.3, -0.25) is 19.7 Å². The van der Waals surface area contributed by atoms with Crippen LogP contribution in [-0.4, -0.2) is 28.9 Å². The minimum absolute atomic E-state index is 0.0358. The lowest BCUT2D eigenvalue weighted by molar-refractivity contribution is -0.138. The number of amides is 2. The molecule has 0 bridgehead atoms. The minimum atomic E-state index is -1.14. The van der Waals surface area contributed by atoms with E-state index in [0.717, 1.165) is 32.1 Å². The average molecular weight is 256 g/mol. The third kappa shape index (κ3) is 4.83. The number of hydrogen-bond donors (Lipinski definition) is 3. The van der Waals surface area contributed by atoms with Gasteiger partial charge in [-0.25, -0.2) is 0 Å². The van der Waals surface area contributed by atoms with Crippen LogP contribution >= 0.6 is 0 Å². The first-order valence-corrected chi connectivity index (χ1v) is 6.32. The molecule has 0 aromatic carbocycles. The number of carboxylic acids is 1. The number of nitrogens with one attached hydrogen (secondary N) is 1. The summed E-state index contributed by atoms with van der Waals surface area (Å²) in [4.78, 5) is 33.6. The average Bonchev–Trinajstić information content (AvgIpc) is 2.36. The van der Waals surface area contributed by atoms with Crippen molar-refractivity contribution in [2.45, 2.75) is 51.0 Å². The van der Waals surface area contributed by atoms with Crippen LogP contribution in [0, 0.1) is 5.92 Å². The number of nitrogens with two attached hydrogens (primary N) is 1. The second kappa shape index (κ2) is 7.10. The lowest BCUT2D eigenvalue weighted by atomic mass is 9.88. The summed E-state index contributed by atoms with van der Waals surface area (Å²) < 4.78 is 0. The van der Waals surface area contributed by atoms with E-state index in [-0.39, 0.29) is 24.7 Å². The summed E-state index contributed by atoms with van der Waals surface area (Å²) in [7, 11) is 0. The maximum absolute atomic E-state index is 11.7. The molecule has 0 aromatic heterocycles. The van der Waals surface area contributed by atoms with E-state index >= 15 is 0 Å². The van der Waals surface area contributed by atoms with E-state index in [9.17, 15) is 14.4 Å². The predicted molar refractivity (Wildman–Crippen MR) is 64.6 cm³/mol. The highest BCUT2D eigenvalue weighted by atomic mass is 16.4. The van der Waals surface area contributed by atoms with Gasteiger partial charge < -0.3 is 10.8 Å². The summed E-state index contributed by atoms with van der Waals surface area (Å²) in [5, 5.41) is 10.9. The maximum Gasteiger partial charge on any atom is 0.320 e. The van der Waals surface area contributed by atoms with Crippen molar-refractivity contribution < 1.29 is 19.5 Å². The number of aliphatic carboxylic acids is 1. The van der Waals surface area contributed by atoms with Crippen molar-refractivity contribution in [3.05, 3.63) is 0 Å². The first-order chi connectivity index (χ1) is 8.50. The van der Waals surface area contributed by atoms with Crippen molar-refractivity contribution in [2.24, 2.45) is 11.7 Å². The molecule has 0 heterocycles. The van der Waals surface area contributed by atoms with Crippen LogP contribution in [0.25, 0.3) is 0 Å². The highest BCUT2D eigenvalue weighted by molar-refractivity contribution is 5.96. The number of imide groups is 1. The van der Waals surface area contributed by atoms with Gasteiger partial charge in [0.1, 0.15) is 6.04 Å². The zero-order valence-corrected chi connectivity index (χ0v) is 10.4. The fraction of sp³-hybridized carbons (Fsp3) is 0.750. The summed E-state index contributed by atoms with van der Waals surface area (Å²) in [5.74, 6) is -1.89. The molecule has 1 saturated carbocycles. The normalized spacial score (nSPS) is 18.1. The zero-order chi connectivity index (χ0) is 13.5. The molecule has 0 aliphatic heterocycles. The van der Waals surface area contributed by atoms with Crippen LogP contribution < -0.4 is 11.1 Å². The summed E-state index contributed by atoms with van der Waals surface area (Å²) in [5.41, 5.74) is 5.27. The Hall–Kier alpha value is -1.43. The number of carboxylic acid groups (broad SMARTS) is 1. The Morgan fingerprint density at radius 1 is 1.22 bits per heavy atom. The van der Waals surface area contributed by atoms with Crippen LogP contribution in [0.3, 0.4) is 0 Å². The molecule has 6 heteroatoms. The number of rotatable bonds is 5. The maximum atomic E-state index is 11.7. The van der Waals surface area contributed by atoms with Crippen LogP contribution in [0.5, 0.6) is 0 Å². The van der Waals surface area contributed by atoms with Gasteiger partial charge in [0.2, 0.25) is 11.8 Å². The van der Waals surface area contributed by atoms with E-state index in [1.807, 2.05) is 0 Å². The van der Waals surface area contributed by atoms with Gasteiger partial charge in [-0.05, 0) is 19.3 Å². The molecule has 1 aliphatic carbocycles. The van der Waals surface area contributed by atoms with Crippen LogP contribution in [-0.2, 0) is 14.4 Å². The number of carbonyl (C=O) groups excluding carboxylic acids is 2. The molecule has 4 N–H and O–H groups in total. The molecule has 1 fully saturated rings. The van der Waals surface area contributed by atoms with E-state index in [1.165, 1.54) is 0 Å². The Labute approximate surface area is 106 Å². The monoisotopic (exact) mass is 256 g/mol. The van der Waals surface area contributed by atoms with Crippen LogP contribution in [0.2, 0.25) is 0 Å². The highest BCUT2D eigenvalue weighted by Crippen LogP contribution is 2.23. The summed E-state index contributed by atoms with van der Waals surface area (Å²) in [6.45, 7) is 0. The molecule has 0 aromatic rings. The molecular weight excluding hydrogens is 236 g/mol. The van der Waals surface area contributed by atoms with Gasteiger partial charge in [-0.15, -0.1) is 0 Å². The molecule has 0 radical (unpaired) electrons. The van der Waals surface area contributed by atoms with Gasteiger partial charge in [0.25, 0.3) is 0 Å². The first-order valence-electron chi connectivity index (χ1n) is 6.32. The third-order valence-electron chi connectivity index (χ3n) is 3.24. The summed E-state index contributed by atoms with van der Waals surface area (Å²) in [6, 6.07) is -1.06. The zero-order valence-electron chi connectivity index (χ0n) is 10.4. The predicted octanol–water partition coefficient (Wildman–Crippen LogP) is 0.402. The molecule has 0 spiro atoms. The van der Waals surface area contributed by atoms with E-state index in [2.05, 4.69) is 5.32 Å². The van der Waals surface area contributed by atoms with Crippen molar-refractivity contribution in [2.75, 3.05) is 0 Å². The van der Waals surface area contributed by atoms with Gasteiger partial charge in [0.05, 0.1) is 0 Å². The molecule has 102 valence electrons. The highest BCUT2D eigenvalue weighted by Gasteiger charge is 2.23.